The summed E-state index contributed by atoms with van der Waals surface area (Å²) in [5, 5.41) is 13.0. The van der Waals surface area contributed by atoms with Crippen molar-refractivity contribution in [3.8, 4) is 11.5 Å². The molecule has 0 saturated heterocycles. The zero-order valence-electron chi connectivity index (χ0n) is 25.1. The number of anilines is 2. The van der Waals surface area contributed by atoms with E-state index in [0.717, 1.165) is 10.6 Å². The molecule has 230 valence electrons. The number of rotatable bonds is 9. The summed E-state index contributed by atoms with van der Waals surface area (Å²) in [6, 6.07) is 15.8. The van der Waals surface area contributed by atoms with E-state index in [9.17, 15) is 9.59 Å². The van der Waals surface area contributed by atoms with E-state index in [4.69, 9.17) is 33.7 Å². The molecule has 0 atom stereocenters. The van der Waals surface area contributed by atoms with Crippen LogP contribution in [0.3, 0.4) is 0 Å². The van der Waals surface area contributed by atoms with Crippen LogP contribution in [-0.2, 0) is 6.54 Å². The fourth-order valence-electron chi connectivity index (χ4n) is 3.45. The van der Waals surface area contributed by atoms with Crippen molar-refractivity contribution >= 4 is 40.7 Å². The van der Waals surface area contributed by atoms with E-state index in [1.165, 1.54) is 18.5 Å². The Kier molecular flexibility index (Phi) is 14.5. The van der Waals surface area contributed by atoms with Gasteiger partial charge in [0.2, 0.25) is 11.9 Å². The van der Waals surface area contributed by atoms with E-state index < -0.39 is 5.91 Å². The van der Waals surface area contributed by atoms with Crippen LogP contribution in [0, 0.1) is 0 Å². The molecule has 9 nitrogen and oxygen atoms in total. The van der Waals surface area contributed by atoms with Gasteiger partial charge in [0.1, 0.15) is 17.2 Å². The van der Waals surface area contributed by atoms with Gasteiger partial charge in [-0.3, -0.25) is 19.1 Å². The number of halogens is 2. The lowest BCUT2D eigenvalue weighted by Gasteiger charge is -2.15. The van der Waals surface area contributed by atoms with E-state index in [2.05, 4.69) is 33.7 Å². The minimum Gasteiger partial charge on any atom is -0.456 e. The number of amides is 1. The van der Waals surface area contributed by atoms with Crippen LogP contribution < -0.4 is 21.3 Å². The molecule has 0 unspecified atom stereocenters. The number of nitrogens with zero attached hydrogens (tertiary/aromatic N) is 4. The Hall–Kier alpha value is -4.73. The monoisotopic (exact) mass is 634 g/mol. The maximum absolute atomic E-state index is 13.2. The fraction of sp³-hybridized carbons (Fsp3) is 0.182. The van der Waals surface area contributed by atoms with Gasteiger partial charge in [0.25, 0.3) is 5.56 Å². The third-order valence-corrected chi connectivity index (χ3v) is 5.84. The van der Waals surface area contributed by atoms with Gasteiger partial charge in [-0.2, -0.15) is 0 Å². The van der Waals surface area contributed by atoms with Crippen molar-refractivity contribution in [2.75, 3.05) is 5.32 Å². The first-order valence-electron chi connectivity index (χ1n) is 13.5. The summed E-state index contributed by atoms with van der Waals surface area (Å²) in [5.74, 6) is 0.561. The van der Waals surface area contributed by atoms with Gasteiger partial charge in [0.15, 0.2) is 0 Å². The first kappa shape index (κ1) is 35.5. The molecule has 2 aromatic carbocycles. The second-order valence-corrected chi connectivity index (χ2v) is 10.5. The van der Waals surface area contributed by atoms with Crippen molar-refractivity contribution in [3.05, 3.63) is 136 Å². The number of aromatic nitrogens is 4. The second kappa shape index (κ2) is 18.0. The van der Waals surface area contributed by atoms with Crippen LogP contribution in [0.25, 0.3) is 0 Å². The van der Waals surface area contributed by atoms with E-state index >= 15 is 0 Å². The van der Waals surface area contributed by atoms with Gasteiger partial charge in [-0.05, 0) is 68.0 Å². The third kappa shape index (κ3) is 11.5. The van der Waals surface area contributed by atoms with Crippen molar-refractivity contribution in [1.29, 1.82) is 0 Å². The molecule has 4 aromatic rings. The van der Waals surface area contributed by atoms with Crippen LogP contribution in [-0.4, -0.2) is 25.7 Å². The van der Waals surface area contributed by atoms with Crippen LogP contribution in [0.2, 0.25) is 5.02 Å². The summed E-state index contributed by atoms with van der Waals surface area (Å²) < 4.78 is 7.31. The third-order valence-electron chi connectivity index (χ3n) is 5.46. The molecule has 3 N–H and O–H groups in total. The summed E-state index contributed by atoms with van der Waals surface area (Å²) in [6.07, 6.45) is 8.00. The summed E-state index contributed by atoms with van der Waals surface area (Å²) in [5.41, 5.74) is 7.30. The van der Waals surface area contributed by atoms with Crippen molar-refractivity contribution in [3.63, 3.8) is 0 Å². The Morgan fingerprint density at radius 2 is 1.70 bits per heavy atom. The zero-order valence-corrected chi connectivity index (χ0v) is 26.6. The van der Waals surface area contributed by atoms with Gasteiger partial charge in [-0.15, -0.1) is 16.8 Å². The van der Waals surface area contributed by atoms with Crippen LogP contribution in [0.4, 0.5) is 11.6 Å². The molecule has 11 heteroatoms. The largest absolute Gasteiger partial charge is 0.456 e. The topological polar surface area (TPSA) is 125 Å². The number of nitrogens with two attached hydrogens (primary N) is 1. The standard InChI is InChI=1S/C25H23ClN6O3.C5H7Cl.C3H6/c1-15(2)22-24(34)32(14-16-3-5-18(26)6-4-16)25(31-30-22)29-19-7-9-20(10-8-19)35-21-11-17(23(27)33)12-28-13-21;1-3-4-5(2)6;1-3-2/h3-13,15H,14H2,1-2H3,(H2,27,33)(H,29,31);3-4H,1H2,2H3;3H,1H2,2H3/b;5-4+;. The van der Waals surface area contributed by atoms with Crippen molar-refractivity contribution in [2.24, 2.45) is 5.73 Å². The summed E-state index contributed by atoms with van der Waals surface area (Å²) in [7, 11) is 0. The second-order valence-electron chi connectivity index (χ2n) is 9.50. The molecule has 0 aliphatic carbocycles. The number of pyridine rings is 1. The van der Waals surface area contributed by atoms with Gasteiger partial charge < -0.3 is 15.8 Å². The molecule has 44 heavy (non-hydrogen) atoms. The van der Waals surface area contributed by atoms with Crippen LogP contribution in [0.1, 0.15) is 55.2 Å². The molecule has 0 bridgehead atoms. The Labute approximate surface area is 267 Å². The SMILES string of the molecule is C=C/C=C(\C)Cl.C=CC.CC(C)c1nnc(Nc2ccc(Oc3cncc(C(N)=O)c3)cc2)n(Cc2ccc(Cl)cc2)c1=O. The fourth-order valence-corrected chi connectivity index (χ4v) is 3.66. The Bertz CT molecular complexity index is 1630. The lowest BCUT2D eigenvalue weighted by atomic mass is 10.1. The molecule has 0 saturated carbocycles. The van der Waals surface area contributed by atoms with Crippen LogP contribution in [0.5, 0.6) is 11.5 Å². The number of carbonyl (C=O) groups excluding carboxylic acids is 1. The molecule has 1 amide bonds. The van der Waals surface area contributed by atoms with Crippen LogP contribution in [0.15, 0.2) is 108 Å². The lowest BCUT2D eigenvalue weighted by Crippen LogP contribution is -2.29. The number of benzene rings is 2. The number of primary amides is 1. The van der Waals surface area contributed by atoms with Gasteiger partial charge in [0, 0.05) is 27.9 Å². The Balaban J connectivity index is 0.000000660. The Morgan fingerprint density at radius 1 is 1.07 bits per heavy atom. The highest BCUT2D eigenvalue weighted by atomic mass is 35.5. The lowest BCUT2D eigenvalue weighted by molar-refractivity contribution is 0.0999. The predicted molar refractivity (Wildman–Crippen MR) is 179 cm³/mol. The molecular formula is C33H36Cl2N6O3. The molecule has 0 spiro atoms. The quantitative estimate of drug-likeness (QED) is 0.141. The smallest absolute Gasteiger partial charge is 0.277 e. The number of hydrogen-bond acceptors (Lipinski definition) is 7. The molecule has 0 fully saturated rings. The van der Waals surface area contributed by atoms with Crippen molar-refractivity contribution < 1.29 is 9.53 Å². The number of carbonyl (C=O) groups is 1. The van der Waals surface area contributed by atoms with E-state index in [-0.39, 0.29) is 17.0 Å². The molecule has 0 aliphatic heterocycles. The van der Waals surface area contributed by atoms with E-state index in [0.29, 0.717) is 40.4 Å². The maximum Gasteiger partial charge on any atom is 0.277 e. The molecule has 4 rings (SSSR count). The number of nitrogens with one attached hydrogen (secondary N) is 1. The Morgan fingerprint density at radius 3 is 2.23 bits per heavy atom. The van der Waals surface area contributed by atoms with Gasteiger partial charge >= 0.3 is 0 Å². The van der Waals surface area contributed by atoms with Crippen molar-refractivity contribution in [2.45, 2.75) is 40.2 Å². The first-order valence-corrected chi connectivity index (χ1v) is 14.3. The average molecular weight is 636 g/mol. The highest BCUT2D eigenvalue weighted by Gasteiger charge is 2.16. The number of hydrogen-bond donors (Lipinski definition) is 2. The zero-order chi connectivity index (χ0) is 32.6. The number of ether oxygens (including phenoxy) is 1. The highest BCUT2D eigenvalue weighted by molar-refractivity contribution is 6.30. The highest BCUT2D eigenvalue weighted by Crippen LogP contribution is 2.24. The normalized spacial score (nSPS) is 10.5. The maximum atomic E-state index is 13.2. The molecule has 0 aliphatic rings. The number of allylic oxidation sites excluding steroid dienone is 4. The van der Waals surface area contributed by atoms with Gasteiger partial charge in [0.05, 0.1) is 18.3 Å². The predicted octanol–water partition coefficient (Wildman–Crippen LogP) is 8.00. The minimum absolute atomic E-state index is 0.0699. The van der Waals surface area contributed by atoms with E-state index in [1.54, 1.807) is 59.2 Å². The van der Waals surface area contributed by atoms with Gasteiger partial charge in [-0.1, -0.05) is 67.9 Å². The van der Waals surface area contributed by atoms with E-state index in [1.807, 2.05) is 39.8 Å². The molecule has 0 radical (unpaired) electrons. The molecule has 2 aromatic heterocycles. The van der Waals surface area contributed by atoms with Crippen LogP contribution >= 0.6 is 23.2 Å². The summed E-state index contributed by atoms with van der Waals surface area (Å²) >= 11 is 11.4. The van der Waals surface area contributed by atoms with Crippen molar-refractivity contribution in [1.82, 2.24) is 19.7 Å². The minimum atomic E-state index is -0.586. The summed E-state index contributed by atoms with van der Waals surface area (Å²) in [6.45, 7) is 14.6. The first-order chi connectivity index (χ1) is 21.0. The van der Waals surface area contributed by atoms with Gasteiger partial charge in [-0.25, -0.2) is 0 Å². The molecule has 2 heterocycles. The average Bonchev–Trinajstić information content (AvgIpc) is 2.97. The molecular weight excluding hydrogens is 599 g/mol. The summed E-state index contributed by atoms with van der Waals surface area (Å²) in [4.78, 5) is 28.5.